The Morgan fingerprint density at radius 1 is 1.07 bits per heavy atom. The van der Waals surface area contributed by atoms with E-state index < -0.39 is 33.6 Å². The number of amides is 1. The van der Waals surface area contributed by atoms with E-state index in [0.717, 1.165) is 43.7 Å². The van der Waals surface area contributed by atoms with E-state index in [9.17, 15) is 22.8 Å². The molecule has 4 N–H and O–H groups in total. The number of carbonyl (C=O) groups excluding carboxylic acids is 2. The minimum absolute atomic E-state index is 0.0220. The lowest BCUT2D eigenvalue weighted by atomic mass is 10.1. The Morgan fingerprint density at radius 3 is 2.44 bits per heavy atom. The van der Waals surface area contributed by atoms with Crippen molar-refractivity contribution < 1.29 is 37.4 Å². The first kappa shape index (κ1) is 35.8. The zero-order chi connectivity index (χ0) is 33.2. The number of aliphatic carboxylic acids is 1. The van der Waals surface area contributed by atoms with Crippen LogP contribution < -0.4 is 20.1 Å². The van der Waals surface area contributed by atoms with Crippen LogP contribution in [0, 0.1) is 13.8 Å². The Hall–Kier alpha value is -3.71. The molecule has 1 aliphatic heterocycles. The molecule has 12 nitrogen and oxygen atoms in total. The summed E-state index contributed by atoms with van der Waals surface area (Å²) < 4.78 is 40.6. The van der Waals surface area contributed by atoms with Gasteiger partial charge in [-0.1, -0.05) is 6.07 Å². The van der Waals surface area contributed by atoms with Crippen LogP contribution in [0.25, 0.3) is 0 Å². The van der Waals surface area contributed by atoms with Crippen LogP contribution in [-0.4, -0.2) is 67.7 Å². The van der Waals surface area contributed by atoms with Gasteiger partial charge in [0.15, 0.2) is 0 Å². The molecule has 45 heavy (non-hydrogen) atoms. The molecular weight excluding hydrogens is 600 g/mol. The number of pyridine rings is 1. The predicted octanol–water partition coefficient (Wildman–Crippen LogP) is 3.82. The highest BCUT2D eigenvalue weighted by Gasteiger charge is 2.32. The lowest BCUT2D eigenvalue weighted by Gasteiger charge is -2.25. The number of anilines is 1. The molecule has 0 bridgehead atoms. The van der Waals surface area contributed by atoms with Gasteiger partial charge in [-0.15, -0.1) is 0 Å². The van der Waals surface area contributed by atoms with Crippen molar-refractivity contribution in [3.8, 4) is 5.75 Å². The van der Waals surface area contributed by atoms with Crippen molar-refractivity contribution >= 4 is 33.7 Å². The van der Waals surface area contributed by atoms with Gasteiger partial charge in [0, 0.05) is 31.6 Å². The predicted molar refractivity (Wildman–Crippen MR) is 170 cm³/mol. The summed E-state index contributed by atoms with van der Waals surface area (Å²) in [6.45, 7) is 9.02. The van der Waals surface area contributed by atoms with Crippen LogP contribution >= 0.6 is 0 Å². The van der Waals surface area contributed by atoms with E-state index >= 15 is 0 Å². The van der Waals surface area contributed by atoms with Crippen LogP contribution in [0.15, 0.2) is 29.2 Å². The van der Waals surface area contributed by atoms with Gasteiger partial charge >= 0.3 is 11.9 Å². The van der Waals surface area contributed by atoms with Crippen molar-refractivity contribution in [1.29, 1.82) is 0 Å². The Morgan fingerprint density at radius 2 is 1.78 bits per heavy atom. The van der Waals surface area contributed by atoms with Gasteiger partial charge in [0.2, 0.25) is 15.9 Å². The molecule has 0 aliphatic carbocycles. The first-order valence-corrected chi connectivity index (χ1v) is 16.8. The van der Waals surface area contributed by atoms with Crippen molar-refractivity contribution in [2.75, 3.05) is 25.0 Å². The molecular formula is C32H46N4O8S. The van der Waals surface area contributed by atoms with E-state index in [4.69, 9.17) is 14.6 Å². The second kappa shape index (κ2) is 16.0. The Labute approximate surface area is 265 Å². The minimum atomic E-state index is -4.23. The number of esters is 1. The number of hydrogen-bond donors (Lipinski definition) is 4. The Kier molecular flexibility index (Phi) is 12.7. The van der Waals surface area contributed by atoms with E-state index in [1.165, 1.54) is 5.56 Å². The van der Waals surface area contributed by atoms with Gasteiger partial charge in [-0.2, -0.15) is 4.72 Å². The number of nitrogens with one attached hydrogen (secondary N) is 3. The zero-order valence-corrected chi connectivity index (χ0v) is 27.6. The topological polar surface area (TPSA) is 173 Å². The summed E-state index contributed by atoms with van der Waals surface area (Å²) in [5.41, 5.74) is 2.07. The van der Waals surface area contributed by atoms with E-state index in [2.05, 4.69) is 26.4 Å². The summed E-state index contributed by atoms with van der Waals surface area (Å²) in [5.74, 6) is -0.698. The van der Waals surface area contributed by atoms with Crippen LogP contribution in [0.1, 0.15) is 81.7 Å². The number of benzene rings is 1. The molecule has 1 unspecified atom stereocenters. The van der Waals surface area contributed by atoms with Gasteiger partial charge in [-0.25, -0.2) is 13.4 Å². The summed E-state index contributed by atoms with van der Waals surface area (Å²) in [5, 5.41) is 14.8. The van der Waals surface area contributed by atoms with Gasteiger partial charge in [0.05, 0.1) is 11.5 Å². The number of unbranched alkanes of at least 4 members (excludes halogenated alkanes) is 1. The highest BCUT2D eigenvalue weighted by molar-refractivity contribution is 7.89. The molecule has 0 saturated heterocycles. The van der Waals surface area contributed by atoms with Crippen LogP contribution in [0.4, 0.5) is 5.82 Å². The number of aromatic nitrogens is 1. The summed E-state index contributed by atoms with van der Waals surface area (Å²) in [4.78, 5) is 41.1. The zero-order valence-electron chi connectivity index (χ0n) is 26.8. The molecule has 0 spiro atoms. The quantitative estimate of drug-likeness (QED) is 0.155. The number of fused-ring (bicyclic) bond motifs is 1. The third-order valence-electron chi connectivity index (χ3n) is 7.04. The van der Waals surface area contributed by atoms with E-state index in [0.29, 0.717) is 29.7 Å². The summed E-state index contributed by atoms with van der Waals surface area (Å²) >= 11 is 0. The number of nitrogens with zero attached hydrogens (tertiary/aromatic N) is 1. The molecule has 1 aliphatic rings. The normalized spacial score (nSPS) is 13.7. The fourth-order valence-electron chi connectivity index (χ4n) is 5.03. The Bertz CT molecular complexity index is 1450. The molecule has 0 fully saturated rings. The Balaban J connectivity index is 1.60. The maximum Gasteiger partial charge on any atom is 0.326 e. The van der Waals surface area contributed by atoms with Gasteiger partial charge in [-0.05, 0) is 108 Å². The smallest absolute Gasteiger partial charge is 0.326 e. The first-order chi connectivity index (χ1) is 21.1. The average molecular weight is 647 g/mol. The lowest BCUT2D eigenvalue weighted by molar-refractivity contribution is -0.156. The fourth-order valence-corrected chi connectivity index (χ4v) is 6.67. The summed E-state index contributed by atoms with van der Waals surface area (Å²) in [7, 11) is -4.23. The van der Waals surface area contributed by atoms with Crippen molar-refractivity contribution in [2.45, 2.75) is 103 Å². The largest absolute Gasteiger partial charge is 0.494 e. The fraction of sp³-hybridized carbons (Fsp3) is 0.562. The number of ether oxygens (including phenoxy) is 2. The van der Waals surface area contributed by atoms with Crippen LogP contribution in [0.3, 0.4) is 0 Å². The monoisotopic (exact) mass is 646 g/mol. The molecule has 0 saturated carbocycles. The van der Waals surface area contributed by atoms with E-state index in [1.807, 2.05) is 6.07 Å². The molecule has 2 heterocycles. The number of carboxylic acids is 1. The average Bonchev–Trinajstić information content (AvgIpc) is 2.94. The van der Waals surface area contributed by atoms with E-state index in [-0.39, 0.29) is 36.8 Å². The summed E-state index contributed by atoms with van der Waals surface area (Å²) in [6.07, 6.45) is 4.68. The molecule has 2 aromatic rings. The molecule has 1 atom stereocenters. The number of sulfonamides is 1. The molecule has 0 radical (unpaired) electrons. The summed E-state index contributed by atoms with van der Waals surface area (Å²) in [6, 6.07) is 5.85. The molecule has 1 aromatic heterocycles. The maximum absolute atomic E-state index is 13.5. The van der Waals surface area contributed by atoms with Crippen molar-refractivity contribution in [3.63, 3.8) is 0 Å². The van der Waals surface area contributed by atoms with Crippen molar-refractivity contribution in [3.05, 3.63) is 46.6 Å². The molecule has 1 amide bonds. The van der Waals surface area contributed by atoms with Crippen molar-refractivity contribution in [2.24, 2.45) is 0 Å². The molecule has 13 heteroatoms. The number of carboxylic acid groups (broad SMARTS) is 1. The second-order valence-electron chi connectivity index (χ2n) is 12.3. The highest BCUT2D eigenvalue weighted by atomic mass is 32.2. The van der Waals surface area contributed by atoms with Gasteiger partial charge in [0.25, 0.3) is 0 Å². The first-order valence-electron chi connectivity index (χ1n) is 15.3. The van der Waals surface area contributed by atoms with Crippen molar-refractivity contribution in [1.82, 2.24) is 15.0 Å². The van der Waals surface area contributed by atoms with Gasteiger partial charge < -0.3 is 25.2 Å². The van der Waals surface area contributed by atoms with Gasteiger partial charge in [-0.3, -0.25) is 14.4 Å². The van der Waals surface area contributed by atoms with E-state index in [1.54, 1.807) is 46.8 Å². The third-order valence-corrected chi connectivity index (χ3v) is 8.81. The van der Waals surface area contributed by atoms with Gasteiger partial charge in [0.1, 0.15) is 23.2 Å². The number of rotatable bonds is 16. The lowest BCUT2D eigenvalue weighted by Crippen LogP contribution is -2.50. The second-order valence-corrected chi connectivity index (χ2v) is 13.9. The van der Waals surface area contributed by atoms with Crippen LogP contribution in [0.2, 0.25) is 0 Å². The maximum atomic E-state index is 13.5. The standard InChI is InChI=1S/C32H46N4O8S/c1-21-18-25(43-17-9-13-28(38)39)19-22(2)29(21)45(41,42)36-26(31(40)44-32(3,4)5)20-34-27(37)12-7-6-11-24-15-14-23-10-8-16-33-30(23)35-24/h14-15,18-19,26,36H,6-13,16-17,20H2,1-5H3,(H,33,35)(H,34,37)(H,38,39). The number of carbonyl (C=O) groups is 3. The third kappa shape index (κ3) is 11.6. The van der Waals surface area contributed by atoms with Crippen LogP contribution in [-0.2, 0) is 42.0 Å². The SMILES string of the molecule is Cc1cc(OCCCC(=O)O)cc(C)c1S(=O)(=O)NC(CNC(=O)CCCCc1ccc2c(n1)NCCC2)C(=O)OC(C)(C)C. The number of hydrogen-bond acceptors (Lipinski definition) is 9. The van der Waals surface area contributed by atoms with Crippen LogP contribution in [0.5, 0.6) is 5.75 Å². The number of aryl methyl sites for hydroxylation is 4. The molecule has 248 valence electrons. The molecule has 3 rings (SSSR count). The minimum Gasteiger partial charge on any atom is -0.494 e. The molecule has 1 aromatic carbocycles. The highest BCUT2D eigenvalue weighted by Crippen LogP contribution is 2.26.